The van der Waals surface area contributed by atoms with E-state index in [9.17, 15) is 0 Å². The molecule has 2 aromatic rings. The van der Waals surface area contributed by atoms with E-state index in [-0.39, 0.29) is 0 Å². The third-order valence-electron chi connectivity index (χ3n) is 4.05. The summed E-state index contributed by atoms with van der Waals surface area (Å²) in [6.07, 6.45) is 6.81. The van der Waals surface area contributed by atoms with Crippen LogP contribution >= 0.6 is 0 Å². The second-order valence-corrected chi connectivity index (χ2v) is 6.08. The van der Waals surface area contributed by atoms with Crippen molar-refractivity contribution in [1.82, 2.24) is 9.97 Å². The molecule has 0 aliphatic rings. The lowest BCUT2D eigenvalue weighted by molar-refractivity contribution is 0.572. The van der Waals surface area contributed by atoms with Crippen LogP contribution in [0.4, 0.5) is 0 Å². The van der Waals surface area contributed by atoms with Crippen LogP contribution in [0.3, 0.4) is 0 Å². The second-order valence-electron chi connectivity index (χ2n) is 6.08. The summed E-state index contributed by atoms with van der Waals surface area (Å²) in [6.45, 7) is 8.43. The Labute approximate surface area is 133 Å². The predicted octanol–water partition coefficient (Wildman–Crippen LogP) is 3.95. The quantitative estimate of drug-likeness (QED) is 0.838. The first kappa shape index (κ1) is 16.2. The van der Waals surface area contributed by atoms with Gasteiger partial charge in [0.05, 0.1) is 0 Å². The van der Waals surface area contributed by atoms with Gasteiger partial charge in [-0.25, -0.2) is 4.98 Å². The molecule has 0 aliphatic carbocycles. The number of nitrogens with zero attached hydrogens (tertiary/aromatic N) is 3. The molecule has 3 heteroatoms. The average Bonchev–Trinajstić information content (AvgIpc) is 2.49. The molecule has 1 atom stereocenters. The van der Waals surface area contributed by atoms with Gasteiger partial charge in [0.25, 0.3) is 0 Å². The van der Waals surface area contributed by atoms with Gasteiger partial charge < -0.3 is 0 Å². The van der Waals surface area contributed by atoms with Crippen LogP contribution in [0, 0.1) is 31.1 Å². The van der Waals surface area contributed by atoms with Gasteiger partial charge >= 0.3 is 0 Å². The fourth-order valence-corrected chi connectivity index (χ4v) is 2.74. The predicted molar refractivity (Wildman–Crippen MR) is 88.6 cm³/mol. The van der Waals surface area contributed by atoms with Crippen LogP contribution < -0.4 is 0 Å². The van der Waals surface area contributed by atoms with Crippen molar-refractivity contribution in [2.45, 2.75) is 47.0 Å². The number of aromatic nitrogens is 2. The standard InChI is InChI=1S/C19H23N3/c1-5-16-9-18(15(4)21-11-16)7-13(2)6-17-8-14(3)19(10-20)22-12-17/h8-9,11-13H,5-7H2,1-4H3. The molecule has 0 saturated carbocycles. The van der Waals surface area contributed by atoms with Gasteiger partial charge in [0.2, 0.25) is 0 Å². The molecule has 0 amide bonds. The summed E-state index contributed by atoms with van der Waals surface area (Å²) in [4.78, 5) is 8.73. The summed E-state index contributed by atoms with van der Waals surface area (Å²) in [5, 5.41) is 8.95. The monoisotopic (exact) mass is 293 g/mol. The summed E-state index contributed by atoms with van der Waals surface area (Å²) >= 11 is 0. The zero-order valence-corrected chi connectivity index (χ0v) is 13.8. The number of rotatable bonds is 5. The van der Waals surface area contributed by atoms with E-state index >= 15 is 0 Å². The van der Waals surface area contributed by atoms with E-state index in [1.54, 1.807) is 0 Å². The van der Waals surface area contributed by atoms with Gasteiger partial charge in [-0.2, -0.15) is 5.26 Å². The molecule has 0 fully saturated rings. The molecule has 0 aromatic carbocycles. The lowest BCUT2D eigenvalue weighted by Crippen LogP contribution is -2.07. The van der Waals surface area contributed by atoms with Crippen LogP contribution in [0.25, 0.3) is 0 Å². The van der Waals surface area contributed by atoms with Crippen LogP contribution in [0.15, 0.2) is 24.5 Å². The first-order valence-electron chi connectivity index (χ1n) is 7.83. The highest BCUT2D eigenvalue weighted by molar-refractivity contribution is 5.33. The van der Waals surface area contributed by atoms with E-state index in [2.05, 4.69) is 48.9 Å². The van der Waals surface area contributed by atoms with Gasteiger partial charge in [-0.3, -0.25) is 4.98 Å². The summed E-state index contributed by atoms with van der Waals surface area (Å²) in [5.74, 6) is 0.516. The van der Waals surface area contributed by atoms with Gasteiger partial charge in [0.1, 0.15) is 11.8 Å². The Balaban J connectivity index is 2.08. The minimum Gasteiger partial charge on any atom is -0.261 e. The van der Waals surface area contributed by atoms with E-state index in [1.807, 2.05) is 19.3 Å². The van der Waals surface area contributed by atoms with Crippen LogP contribution in [0.2, 0.25) is 0 Å². The first-order valence-corrected chi connectivity index (χ1v) is 7.83. The molecule has 1 unspecified atom stereocenters. The maximum absolute atomic E-state index is 8.95. The number of hydrogen-bond acceptors (Lipinski definition) is 3. The molecule has 0 spiro atoms. The lowest BCUT2D eigenvalue weighted by Gasteiger charge is -2.14. The Bertz CT molecular complexity index is 698. The molecular weight excluding hydrogens is 270 g/mol. The number of hydrogen-bond donors (Lipinski definition) is 0. The maximum Gasteiger partial charge on any atom is 0.143 e. The van der Waals surface area contributed by atoms with Crippen molar-refractivity contribution in [2.24, 2.45) is 5.92 Å². The minimum absolute atomic E-state index is 0.516. The Kier molecular flexibility index (Phi) is 5.27. The van der Waals surface area contributed by atoms with Crippen LogP contribution in [0.5, 0.6) is 0 Å². The highest BCUT2D eigenvalue weighted by Crippen LogP contribution is 2.18. The van der Waals surface area contributed by atoms with Crippen molar-refractivity contribution in [3.05, 3.63) is 58.2 Å². The van der Waals surface area contributed by atoms with Crippen LogP contribution in [-0.4, -0.2) is 9.97 Å². The van der Waals surface area contributed by atoms with E-state index in [0.29, 0.717) is 11.6 Å². The van der Waals surface area contributed by atoms with Crippen molar-refractivity contribution in [3.8, 4) is 6.07 Å². The Morgan fingerprint density at radius 3 is 2.45 bits per heavy atom. The molecular formula is C19H23N3. The molecule has 3 nitrogen and oxygen atoms in total. The fourth-order valence-electron chi connectivity index (χ4n) is 2.74. The molecule has 2 aromatic heterocycles. The summed E-state index contributed by atoms with van der Waals surface area (Å²) in [6, 6.07) is 6.47. The number of aryl methyl sites for hydroxylation is 3. The average molecular weight is 293 g/mol. The first-order chi connectivity index (χ1) is 10.5. The Morgan fingerprint density at radius 1 is 1.09 bits per heavy atom. The molecule has 0 aliphatic heterocycles. The third kappa shape index (κ3) is 3.92. The zero-order valence-electron chi connectivity index (χ0n) is 13.8. The largest absolute Gasteiger partial charge is 0.261 e. The van der Waals surface area contributed by atoms with Gasteiger partial charge in [-0.05, 0) is 61.3 Å². The highest BCUT2D eigenvalue weighted by Gasteiger charge is 2.10. The van der Waals surface area contributed by atoms with E-state index in [0.717, 1.165) is 30.5 Å². The lowest BCUT2D eigenvalue weighted by atomic mass is 9.93. The van der Waals surface area contributed by atoms with E-state index in [4.69, 9.17) is 5.26 Å². The van der Waals surface area contributed by atoms with Crippen LogP contribution in [0.1, 0.15) is 47.5 Å². The van der Waals surface area contributed by atoms with Crippen molar-refractivity contribution in [2.75, 3.05) is 0 Å². The van der Waals surface area contributed by atoms with Gasteiger partial charge in [-0.1, -0.05) is 26.0 Å². The van der Waals surface area contributed by atoms with Gasteiger partial charge in [-0.15, -0.1) is 0 Å². The van der Waals surface area contributed by atoms with Crippen molar-refractivity contribution in [3.63, 3.8) is 0 Å². The van der Waals surface area contributed by atoms with Crippen molar-refractivity contribution < 1.29 is 0 Å². The summed E-state index contributed by atoms with van der Waals surface area (Å²) in [5.41, 5.74) is 6.43. The maximum atomic E-state index is 8.95. The highest BCUT2D eigenvalue weighted by atomic mass is 14.7. The smallest absolute Gasteiger partial charge is 0.143 e. The fraction of sp³-hybridized carbons (Fsp3) is 0.421. The molecule has 0 N–H and O–H groups in total. The number of nitriles is 1. The van der Waals surface area contributed by atoms with Gasteiger partial charge in [0.15, 0.2) is 0 Å². The molecule has 2 rings (SSSR count). The Hall–Kier alpha value is -2.21. The normalized spacial score (nSPS) is 12.0. The third-order valence-corrected chi connectivity index (χ3v) is 4.05. The van der Waals surface area contributed by atoms with E-state index < -0.39 is 0 Å². The molecule has 2 heterocycles. The molecule has 0 bridgehead atoms. The molecule has 22 heavy (non-hydrogen) atoms. The van der Waals surface area contributed by atoms with Crippen molar-refractivity contribution in [1.29, 1.82) is 5.26 Å². The van der Waals surface area contributed by atoms with Crippen LogP contribution in [-0.2, 0) is 19.3 Å². The molecule has 114 valence electrons. The Morgan fingerprint density at radius 2 is 1.82 bits per heavy atom. The second kappa shape index (κ2) is 7.17. The minimum atomic E-state index is 0.516. The topological polar surface area (TPSA) is 49.6 Å². The number of pyridine rings is 2. The molecule has 0 radical (unpaired) electrons. The van der Waals surface area contributed by atoms with Gasteiger partial charge in [0, 0.05) is 18.1 Å². The van der Waals surface area contributed by atoms with Crippen molar-refractivity contribution >= 4 is 0 Å². The summed E-state index contributed by atoms with van der Waals surface area (Å²) in [7, 11) is 0. The summed E-state index contributed by atoms with van der Waals surface area (Å²) < 4.78 is 0. The zero-order chi connectivity index (χ0) is 16.1. The SMILES string of the molecule is CCc1cnc(C)c(CC(C)Cc2cnc(C#N)c(C)c2)c1. The molecule has 0 saturated heterocycles. The van der Waals surface area contributed by atoms with E-state index in [1.165, 1.54) is 16.7 Å².